The number of anilines is 2. The Morgan fingerprint density at radius 1 is 1.18 bits per heavy atom. The van der Waals surface area contributed by atoms with Gasteiger partial charge in [-0.05, 0) is 36.5 Å². The largest absolute Gasteiger partial charge is 0.489 e. The highest BCUT2D eigenvalue weighted by Crippen LogP contribution is 2.38. The number of morpholine rings is 1. The van der Waals surface area contributed by atoms with E-state index in [1.54, 1.807) is 4.90 Å². The van der Waals surface area contributed by atoms with E-state index in [1.165, 1.54) is 25.6 Å². The molecule has 2 aromatic rings. The van der Waals surface area contributed by atoms with Crippen molar-refractivity contribution in [1.82, 2.24) is 14.9 Å². The standard InChI is InChI=1S/C27H35FN4O7S/c1-27(2,3)14-38-26(33)32-16-9-18(10-17(32)13-37-12-16)39-25-23(36-4)24(29-15-30-25)31-22-8-7-20(11-21(22)28)40(34,35)19-5-6-19/h7-8,11,15-19H,5-6,9-10,12-14H2,1-4H3,(H,29,30,31). The third kappa shape index (κ3) is 6.09. The van der Waals surface area contributed by atoms with Crippen molar-refractivity contribution in [3.8, 4) is 11.6 Å². The molecule has 0 radical (unpaired) electrons. The maximum atomic E-state index is 14.9. The van der Waals surface area contributed by atoms with Crippen LogP contribution in [-0.4, -0.2) is 79.7 Å². The smallest absolute Gasteiger partial charge is 0.410 e. The molecule has 13 heteroatoms. The Morgan fingerprint density at radius 3 is 2.48 bits per heavy atom. The predicted octanol–water partition coefficient (Wildman–Crippen LogP) is 4.10. The summed E-state index contributed by atoms with van der Waals surface area (Å²) >= 11 is 0. The molecule has 1 aliphatic carbocycles. The summed E-state index contributed by atoms with van der Waals surface area (Å²) in [4.78, 5) is 23.0. The molecule has 1 N–H and O–H groups in total. The van der Waals surface area contributed by atoms with Crippen molar-refractivity contribution in [2.45, 2.75) is 74.8 Å². The van der Waals surface area contributed by atoms with Crippen LogP contribution in [0, 0.1) is 11.2 Å². The van der Waals surface area contributed by atoms with Gasteiger partial charge in [-0.1, -0.05) is 20.8 Å². The molecule has 2 aliphatic heterocycles. The zero-order chi connectivity index (χ0) is 28.7. The van der Waals surface area contributed by atoms with E-state index in [4.69, 9.17) is 18.9 Å². The zero-order valence-electron chi connectivity index (χ0n) is 23.1. The lowest BCUT2D eigenvalue weighted by Crippen LogP contribution is -2.61. The molecule has 1 amide bonds. The lowest BCUT2D eigenvalue weighted by Gasteiger charge is -2.47. The molecule has 3 heterocycles. The molecule has 3 fully saturated rings. The number of fused-ring (bicyclic) bond motifs is 2. The number of benzene rings is 1. The summed E-state index contributed by atoms with van der Waals surface area (Å²) in [5.74, 6) is -0.231. The van der Waals surface area contributed by atoms with Crippen LogP contribution >= 0.6 is 0 Å². The number of carbonyl (C=O) groups excluding carboxylic acids is 1. The number of rotatable bonds is 8. The minimum Gasteiger partial charge on any atom is -0.489 e. The van der Waals surface area contributed by atoms with Gasteiger partial charge in [-0.25, -0.2) is 22.6 Å². The number of methoxy groups -OCH3 is 1. The Bertz CT molecular complexity index is 1350. The van der Waals surface area contributed by atoms with Crippen LogP contribution in [0.5, 0.6) is 11.6 Å². The Balaban J connectivity index is 1.29. The van der Waals surface area contributed by atoms with Crippen molar-refractivity contribution in [1.29, 1.82) is 0 Å². The van der Waals surface area contributed by atoms with Gasteiger partial charge in [-0.2, -0.15) is 4.98 Å². The third-order valence-corrected chi connectivity index (χ3v) is 9.32. The van der Waals surface area contributed by atoms with Gasteiger partial charge in [-0.15, -0.1) is 0 Å². The van der Waals surface area contributed by atoms with E-state index in [-0.39, 0.29) is 57.7 Å². The van der Waals surface area contributed by atoms with E-state index < -0.39 is 20.9 Å². The lowest BCUT2D eigenvalue weighted by atomic mass is 9.92. The van der Waals surface area contributed by atoms with Crippen molar-refractivity contribution in [2.24, 2.45) is 5.41 Å². The number of nitrogens with one attached hydrogen (secondary N) is 1. The second-order valence-electron chi connectivity index (χ2n) is 11.7. The van der Waals surface area contributed by atoms with Crippen LogP contribution in [0.1, 0.15) is 46.5 Å². The lowest BCUT2D eigenvalue weighted by molar-refractivity contribution is -0.0930. The van der Waals surface area contributed by atoms with Crippen molar-refractivity contribution >= 4 is 27.4 Å². The summed E-state index contributed by atoms with van der Waals surface area (Å²) in [5.41, 5.74) is -0.108. The van der Waals surface area contributed by atoms with Crippen LogP contribution in [0.3, 0.4) is 0 Å². The number of amides is 1. The van der Waals surface area contributed by atoms with Crippen LogP contribution in [-0.2, 0) is 19.3 Å². The maximum absolute atomic E-state index is 14.9. The normalized spacial score (nSPS) is 22.9. The van der Waals surface area contributed by atoms with Gasteiger partial charge in [0, 0.05) is 12.8 Å². The molecule has 218 valence electrons. The SMILES string of the molecule is COc1c(Nc2ccc(S(=O)(=O)C3CC3)cc2F)ncnc1OC1CC2COCC(C1)N2C(=O)OCC(C)(C)C. The van der Waals surface area contributed by atoms with Crippen molar-refractivity contribution in [3.05, 3.63) is 30.3 Å². The molecular weight excluding hydrogens is 543 g/mol. The minimum atomic E-state index is -3.52. The van der Waals surface area contributed by atoms with Crippen LogP contribution in [0.4, 0.5) is 20.7 Å². The number of sulfone groups is 1. The number of halogens is 1. The molecule has 2 saturated heterocycles. The monoisotopic (exact) mass is 578 g/mol. The molecule has 11 nitrogen and oxygen atoms in total. The quantitative estimate of drug-likeness (QED) is 0.489. The van der Waals surface area contributed by atoms with Gasteiger partial charge in [0.05, 0.1) is 54.8 Å². The zero-order valence-corrected chi connectivity index (χ0v) is 23.9. The number of hydrogen-bond acceptors (Lipinski definition) is 10. The first-order chi connectivity index (χ1) is 19.0. The van der Waals surface area contributed by atoms with Crippen LogP contribution in [0.15, 0.2) is 29.4 Å². The number of hydrogen-bond donors (Lipinski definition) is 1. The summed E-state index contributed by atoms with van der Waals surface area (Å²) in [5, 5.41) is 2.43. The third-order valence-electron chi connectivity index (χ3n) is 7.06. The summed E-state index contributed by atoms with van der Waals surface area (Å²) in [6.45, 7) is 7.08. The summed E-state index contributed by atoms with van der Waals surface area (Å²) in [6, 6.07) is 3.33. The second-order valence-corrected chi connectivity index (χ2v) is 13.9. The van der Waals surface area contributed by atoms with Crippen molar-refractivity contribution < 1.29 is 36.6 Å². The van der Waals surface area contributed by atoms with Gasteiger partial charge >= 0.3 is 6.09 Å². The van der Waals surface area contributed by atoms with E-state index >= 15 is 0 Å². The van der Waals surface area contributed by atoms with Crippen molar-refractivity contribution in [3.63, 3.8) is 0 Å². The number of piperidine rings is 1. The first-order valence-corrected chi connectivity index (χ1v) is 14.9. The van der Waals surface area contributed by atoms with E-state index in [2.05, 4.69) is 15.3 Å². The van der Waals surface area contributed by atoms with E-state index in [0.29, 0.717) is 45.5 Å². The minimum absolute atomic E-state index is 0.0338. The number of carbonyl (C=O) groups is 1. The van der Waals surface area contributed by atoms with Crippen LogP contribution in [0.2, 0.25) is 0 Å². The Hall–Kier alpha value is -3.19. The molecule has 0 spiro atoms. The fraction of sp³-hybridized carbons (Fsp3) is 0.593. The first kappa shape index (κ1) is 28.3. The molecule has 2 unspecified atom stereocenters. The first-order valence-electron chi connectivity index (χ1n) is 13.3. The summed E-state index contributed by atoms with van der Waals surface area (Å²) < 4.78 is 62.9. The average Bonchev–Trinajstić information content (AvgIpc) is 3.74. The number of aromatic nitrogens is 2. The number of nitrogens with zero attached hydrogens (tertiary/aromatic N) is 3. The predicted molar refractivity (Wildman–Crippen MR) is 143 cm³/mol. The van der Waals surface area contributed by atoms with E-state index in [1.807, 2.05) is 20.8 Å². The topological polar surface area (TPSA) is 129 Å². The van der Waals surface area contributed by atoms with Crippen molar-refractivity contribution in [2.75, 3.05) is 32.2 Å². The van der Waals surface area contributed by atoms with Crippen LogP contribution < -0.4 is 14.8 Å². The van der Waals surface area contributed by atoms with Gasteiger partial charge < -0.3 is 24.3 Å². The molecule has 2 bridgehead atoms. The van der Waals surface area contributed by atoms with Gasteiger partial charge in [-0.3, -0.25) is 4.90 Å². The molecule has 5 rings (SSSR count). The highest BCUT2D eigenvalue weighted by molar-refractivity contribution is 7.92. The van der Waals surface area contributed by atoms with Gasteiger partial charge in [0.2, 0.25) is 5.75 Å². The average molecular weight is 579 g/mol. The Kier molecular flexibility index (Phi) is 7.79. The van der Waals surface area contributed by atoms with Gasteiger partial charge in [0.1, 0.15) is 18.2 Å². The van der Waals surface area contributed by atoms with E-state index in [9.17, 15) is 17.6 Å². The fourth-order valence-corrected chi connectivity index (χ4v) is 6.62. The molecule has 2 atom stereocenters. The molecule has 1 saturated carbocycles. The molecule has 40 heavy (non-hydrogen) atoms. The molecular formula is C27H35FN4O7S. The fourth-order valence-electron chi connectivity index (χ4n) is 4.96. The second kappa shape index (κ2) is 11.0. The molecule has 1 aromatic carbocycles. The highest BCUT2D eigenvalue weighted by Gasteiger charge is 2.44. The highest BCUT2D eigenvalue weighted by atomic mass is 32.2. The maximum Gasteiger partial charge on any atom is 0.410 e. The molecule has 3 aliphatic rings. The summed E-state index contributed by atoms with van der Waals surface area (Å²) in [6.07, 6.45) is 2.83. The Labute approximate surface area is 233 Å². The molecule has 1 aromatic heterocycles. The Morgan fingerprint density at radius 2 is 1.88 bits per heavy atom. The number of ether oxygens (including phenoxy) is 4. The van der Waals surface area contributed by atoms with Crippen LogP contribution in [0.25, 0.3) is 0 Å². The van der Waals surface area contributed by atoms with E-state index in [0.717, 1.165) is 6.07 Å². The van der Waals surface area contributed by atoms with Gasteiger partial charge in [0.15, 0.2) is 15.7 Å². The van der Waals surface area contributed by atoms with Gasteiger partial charge in [0.25, 0.3) is 5.88 Å². The summed E-state index contributed by atoms with van der Waals surface area (Å²) in [7, 11) is -2.09.